The molecule has 7 fully saturated rings. The van der Waals surface area contributed by atoms with Crippen LogP contribution in [0.2, 0.25) is 0 Å². The standard InChI is InChI=1S/C40H63NO17/c1-17-12-40-11-8-23-38(3,24(40)7-6-19(17)13-40)9-5-10-39(23,4)37(52)58-36-33(31(51)28(48)22(16-44)55-36)57-35-32(30(50)27(47)21(15-43)54-35)56-34-25(41-18(2)45)29(49)26(46)20(14-42)53-34/h19-36,42-44,46-51H,1,5-16H2,2-4H3,(H,41,45)/t19-,20-,21-,22-,23+,24+,25-,26-,27-,28-,29-,30+,31+,32-,33-,34+,35+,36+,38-,39-,40-/m1/s1. The summed E-state index contributed by atoms with van der Waals surface area (Å²) in [6.07, 6.45) is -15.7. The van der Waals surface area contributed by atoms with Gasteiger partial charge in [-0.15, -0.1) is 0 Å². The molecule has 3 heterocycles. The van der Waals surface area contributed by atoms with E-state index in [1.165, 1.54) is 5.57 Å². The number of amides is 1. The Bertz CT molecular complexity index is 1520. The molecule has 3 saturated heterocycles. The molecule has 18 nitrogen and oxygen atoms in total. The highest BCUT2D eigenvalue weighted by Gasteiger charge is 2.66. The van der Waals surface area contributed by atoms with E-state index in [1.807, 2.05) is 6.92 Å². The number of fused-ring (bicyclic) bond motifs is 3. The number of carbonyl (C=O) groups is 2. The average molecular weight is 830 g/mol. The van der Waals surface area contributed by atoms with Crippen LogP contribution in [0.5, 0.6) is 0 Å². The van der Waals surface area contributed by atoms with Gasteiger partial charge in [0.25, 0.3) is 0 Å². The lowest BCUT2D eigenvalue weighted by atomic mass is 9.41. The van der Waals surface area contributed by atoms with Gasteiger partial charge in [-0.3, -0.25) is 9.59 Å². The van der Waals surface area contributed by atoms with Crippen molar-refractivity contribution in [3.63, 3.8) is 0 Å². The molecule has 7 rings (SSSR count). The van der Waals surface area contributed by atoms with Crippen LogP contribution < -0.4 is 5.32 Å². The molecule has 0 radical (unpaired) electrons. The molecule has 0 aromatic rings. The van der Waals surface area contributed by atoms with Crippen LogP contribution in [0.3, 0.4) is 0 Å². The SMILES string of the molecule is C=C1C[C@@]23CC[C@H]4[C@@](C)(CCC[C@@]4(C)C(=O)O[C@@H]4O[C@H](CO)[C@@H](O)[C@H](O)[C@H]4O[C@@H]4O[C@H](CO)[C@@H](O)[C@H](O)[C@H]4O[C@@H]4O[C@H](CO)[C@@H](O)[C@H](O)[C@H]4NC(C)=O)[C@@H]2CC[C@@H]1C3. The lowest BCUT2D eigenvalue weighted by molar-refractivity contribution is -0.385. The Labute approximate surface area is 337 Å². The van der Waals surface area contributed by atoms with Crippen molar-refractivity contribution in [2.45, 2.75) is 171 Å². The van der Waals surface area contributed by atoms with Crippen molar-refractivity contribution in [3.05, 3.63) is 12.2 Å². The van der Waals surface area contributed by atoms with Gasteiger partial charge in [-0.05, 0) is 86.9 Å². The molecule has 0 unspecified atom stereocenters. The zero-order chi connectivity index (χ0) is 42.1. The average Bonchev–Trinajstić information content (AvgIpc) is 3.42. The zero-order valence-electron chi connectivity index (χ0n) is 33.4. The topological polar surface area (TPSA) is 284 Å². The van der Waals surface area contributed by atoms with E-state index in [0.717, 1.165) is 58.3 Å². The maximum absolute atomic E-state index is 14.7. The number of nitrogens with one attached hydrogen (secondary N) is 1. The Morgan fingerprint density at radius 2 is 1.28 bits per heavy atom. The van der Waals surface area contributed by atoms with Crippen molar-refractivity contribution in [1.29, 1.82) is 0 Å². The van der Waals surface area contributed by atoms with Gasteiger partial charge in [0.1, 0.15) is 67.1 Å². The first-order chi connectivity index (χ1) is 27.4. The fourth-order valence-corrected chi connectivity index (χ4v) is 12.3. The number of aliphatic hydroxyl groups is 9. The minimum absolute atomic E-state index is 0.0422. The maximum atomic E-state index is 14.7. The van der Waals surface area contributed by atoms with E-state index in [1.54, 1.807) is 0 Å². The highest BCUT2D eigenvalue weighted by atomic mass is 16.8. The van der Waals surface area contributed by atoms with Crippen LogP contribution in [-0.4, -0.2) is 170 Å². The van der Waals surface area contributed by atoms with E-state index in [2.05, 4.69) is 18.8 Å². The van der Waals surface area contributed by atoms with E-state index in [4.69, 9.17) is 28.4 Å². The number of aliphatic hydroxyl groups excluding tert-OH is 9. The summed E-state index contributed by atoms with van der Waals surface area (Å²) in [6, 6.07) is -1.49. The maximum Gasteiger partial charge on any atom is 0.314 e. The summed E-state index contributed by atoms with van der Waals surface area (Å²) in [5, 5.41) is 98.5. The lowest BCUT2D eigenvalue weighted by Gasteiger charge is -2.63. The third kappa shape index (κ3) is 7.46. The van der Waals surface area contributed by atoms with Crippen molar-refractivity contribution in [2.24, 2.45) is 34.0 Å². The predicted molar refractivity (Wildman–Crippen MR) is 197 cm³/mol. The van der Waals surface area contributed by atoms with Crippen molar-refractivity contribution in [3.8, 4) is 0 Å². The van der Waals surface area contributed by atoms with E-state index >= 15 is 0 Å². The molecule has 0 aromatic heterocycles. The number of ether oxygens (including phenoxy) is 6. The van der Waals surface area contributed by atoms with Gasteiger partial charge in [0.15, 0.2) is 18.7 Å². The first-order valence-electron chi connectivity index (χ1n) is 20.8. The molecule has 4 saturated carbocycles. The fraction of sp³-hybridized carbons (Fsp3) is 0.900. The van der Waals surface area contributed by atoms with Crippen LogP contribution in [0.15, 0.2) is 12.2 Å². The minimum Gasteiger partial charge on any atom is -0.432 e. The van der Waals surface area contributed by atoms with Gasteiger partial charge < -0.3 is 79.7 Å². The summed E-state index contributed by atoms with van der Waals surface area (Å²) < 4.78 is 35.7. The third-order valence-corrected chi connectivity index (χ3v) is 15.2. The molecule has 2 bridgehead atoms. The van der Waals surface area contributed by atoms with Gasteiger partial charge in [-0.2, -0.15) is 0 Å². The highest BCUT2D eigenvalue weighted by molar-refractivity contribution is 5.77. The molecule has 1 amide bonds. The smallest absolute Gasteiger partial charge is 0.314 e. The van der Waals surface area contributed by atoms with Crippen LogP contribution in [0, 0.1) is 34.0 Å². The second-order valence-corrected chi connectivity index (χ2v) is 18.5. The van der Waals surface area contributed by atoms with Crippen molar-refractivity contribution >= 4 is 11.9 Å². The fourth-order valence-electron chi connectivity index (χ4n) is 12.3. The molecule has 1 spiro atoms. The summed E-state index contributed by atoms with van der Waals surface area (Å²) in [7, 11) is 0. The summed E-state index contributed by atoms with van der Waals surface area (Å²) in [4.78, 5) is 26.8. The van der Waals surface area contributed by atoms with Gasteiger partial charge >= 0.3 is 5.97 Å². The number of rotatable bonds is 10. The van der Waals surface area contributed by atoms with Crippen LogP contribution >= 0.6 is 0 Å². The molecular formula is C40H63NO17. The van der Waals surface area contributed by atoms with E-state index in [-0.39, 0.29) is 16.7 Å². The Morgan fingerprint density at radius 3 is 1.88 bits per heavy atom. The summed E-state index contributed by atoms with van der Waals surface area (Å²) in [6.45, 7) is 7.38. The lowest BCUT2D eigenvalue weighted by Crippen LogP contribution is -2.68. The number of hydrogen-bond donors (Lipinski definition) is 10. The van der Waals surface area contributed by atoms with Crippen molar-refractivity contribution in [2.75, 3.05) is 19.8 Å². The normalized spacial score (nSPS) is 51.7. The monoisotopic (exact) mass is 829 g/mol. The first kappa shape index (κ1) is 44.2. The molecule has 7 aliphatic rings. The second kappa shape index (κ2) is 16.8. The van der Waals surface area contributed by atoms with E-state index in [9.17, 15) is 55.5 Å². The minimum atomic E-state index is -1.94. The molecular weight excluding hydrogens is 766 g/mol. The van der Waals surface area contributed by atoms with Gasteiger partial charge in [0.05, 0.1) is 25.2 Å². The van der Waals surface area contributed by atoms with Crippen LogP contribution in [-0.2, 0) is 38.0 Å². The van der Waals surface area contributed by atoms with E-state index in [0.29, 0.717) is 18.3 Å². The highest BCUT2D eigenvalue weighted by Crippen LogP contribution is 2.72. The second-order valence-electron chi connectivity index (χ2n) is 18.5. The van der Waals surface area contributed by atoms with Crippen LogP contribution in [0.4, 0.5) is 0 Å². The van der Waals surface area contributed by atoms with Gasteiger partial charge in [-0.25, -0.2) is 0 Å². The molecule has 330 valence electrons. The number of allylic oxidation sites excluding steroid dienone is 1. The number of carbonyl (C=O) groups excluding carboxylic acids is 2. The summed E-state index contributed by atoms with van der Waals surface area (Å²) in [5.41, 5.74) is 0.385. The molecule has 10 N–H and O–H groups in total. The Hall–Kier alpha value is -1.88. The summed E-state index contributed by atoms with van der Waals surface area (Å²) >= 11 is 0. The molecule has 0 aromatic carbocycles. The Balaban J connectivity index is 1.16. The van der Waals surface area contributed by atoms with Crippen LogP contribution in [0.1, 0.15) is 78.6 Å². The van der Waals surface area contributed by atoms with Crippen molar-refractivity contribution < 1.29 is 84.0 Å². The quantitative estimate of drug-likeness (QED) is 0.0850. The largest absolute Gasteiger partial charge is 0.432 e. The zero-order valence-corrected chi connectivity index (χ0v) is 33.4. The third-order valence-electron chi connectivity index (χ3n) is 15.2. The molecule has 21 atom stereocenters. The predicted octanol–water partition coefficient (Wildman–Crippen LogP) is -1.91. The Kier molecular flexibility index (Phi) is 12.8. The van der Waals surface area contributed by atoms with Crippen molar-refractivity contribution in [1.82, 2.24) is 5.32 Å². The number of esters is 1. The molecule has 18 heteroatoms. The van der Waals surface area contributed by atoms with E-state index < -0.39 is 129 Å². The van der Waals surface area contributed by atoms with Crippen LogP contribution in [0.25, 0.3) is 0 Å². The molecule has 58 heavy (non-hydrogen) atoms. The van der Waals surface area contributed by atoms with Gasteiger partial charge in [0.2, 0.25) is 12.2 Å². The van der Waals surface area contributed by atoms with Gasteiger partial charge in [-0.1, -0.05) is 25.5 Å². The molecule has 4 aliphatic carbocycles. The molecule has 3 aliphatic heterocycles. The first-order valence-corrected chi connectivity index (χ1v) is 20.8. The Morgan fingerprint density at radius 1 is 0.724 bits per heavy atom. The summed E-state index contributed by atoms with van der Waals surface area (Å²) in [5.74, 6) is -0.351. The van der Waals surface area contributed by atoms with Gasteiger partial charge in [0, 0.05) is 6.92 Å². The number of hydrogen-bond acceptors (Lipinski definition) is 17.